The number of hydrogen-bond donors (Lipinski definition) is 1. The highest BCUT2D eigenvalue weighted by Gasteiger charge is 2.38. The van der Waals surface area contributed by atoms with E-state index < -0.39 is 10.0 Å². The van der Waals surface area contributed by atoms with Gasteiger partial charge >= 0.3 is 0 Å². The van der Waals surface area contributed by atoms with Gasteiger partial charge in [0, 0.05) is 22.8 Å². The van der Waals surface area contributed by atoms with Crippen molar-refractivity contribution in [3.63, 3.8) is 0 Å². The fourth-order valence-electron chi connectivity index (χ4n) is 1.96. The van der Waals surface area contributed by atoms with Gasteiger partial charge in [0.05, 0.1) is 11.5 Å². The van der Waals surface area contributed by atoms with E-state index in [1.165, 1.54) is 11.3 Å². The number of aliphatic hydroxyl groups is 1. The van der Waals surface area contributed by atoms with Crippen LogP contribution in [-0.2, 0) is 16.6 Å². The molecule has 1 N–H and O–H groups in total. The van der Waals surface area contributed by atoms with E-state index in [1.807, 2.05) is 0 Å². The molecule has 0 atom stereocenters. The molecule has 108 valence electrons. The summed E-state index contributed by atoms with van der Waals surface area (Å²) in [6.07, 6.45) is 2.81. The predicted molar refractivity (Wildman–Crippen MR) is 76.6 cm³/mol. The first-order chi connectivity index (χ1) is 8.95. The summed E-state index contributed by atoms with van der Waals surface area (Å²) < 4.78 is 26.9. The molecule has 1 aliphatic carbocycles. The van der Waals surface area contributed by atoms with Crippen LogP contribution in [-0.4, -0.2) is 30.4 Å². The lowest BCUT2D eigenvalue weighted by molar-refractivity contribution is 0.285. The topological polar surface area (TPSA) is 57.6 Å². The number of sulfonamides is 1. The molecule has 1 aromatic rings. The van der Waals surface area contributed by atoms with Crippen molar-refractivity contribution in [2.24, 2.45) is 5.92 Å². The number of rotatable bonds is 7. The fourth-order valence-corrected chi connectivity index (χ4v) is 4.78. The molecule has 0 spiro atoms. The molecule has 0 aromatic carbocycles. The summed E-state index contributed by atoms with van der Waals surface area (Å²) in [5.74, 6) is 0.493. The molecule has 19 heavy (non-hydrogen) atoms. The molecule has 6 heteroatoms. The fraction of sp³-hybridized carbons (Fsp3) is 0.692. The predicted octanol–water partition coefficient (Wildman–Crippen LogP) is 2.44. The number of hydrogen-bond acceptors (Lipinski definition) is 4. The minimum Gasteiger partial charge on any atom is -0.391 e. The van der Waals surface area contributed by atoms with Gasteiger partial charge in [-0.3, -0.25) is 0 Å². The van der Waals surface area contributed by atoms with E-state index in [2.05, 4.69) is 13.8 Å². The summed E-state index contributed by atoms with van der Waals surface area (Å²) in [4.78, 5) is 1.02. The van der Waals surface area contributed by atoms with Gasteiger partial charge in [-0.15, -0.1) is 11.3 Å². The van der Waals surface area contributed by atoms with Crippen LogP contribution in [0.4, 0.5) is 0 Å². The van der Waals surface area contributed by atoms with Crippen molar-refractivity contribution in [1.29, 1.82) is 0 Å². The van der Waals surface area contributed by atoms with Crippen molar-refractivity contribution in [2.75, 3.05) is 6.54 Å². The zero-order valence-electron chi connectivity index (χ0n) is 11.4. The molecule has 0 bridgehead atoms. The van der Waals surface area contributed by atoms with Crippen LogP contribution in [0.1, 0.15) is 38.0 Å². The van der Waals surface area contributed by atoms with Crippen LogP contribution >= 0.6 is 11.3 Å². The van der Waals surface area contributed by atoms with Gasteiger partial charge in [-0.2, -0.15) is 4.31 Å². The molecule has 1 heterocycles. The largest absolute Gasteiger partial charge is 0.391 e. The Hall–Kier alpha value is -0.430. The minimum atomic E-state index is -3.39. The molecule has 0 radical (unpaired) electrons. The summed E-state index contributed by atoms with van der Waals surface area (Å²) in [6, 6.07) is 1.77. The lowest BCUT2D eigenvalue weighted by Crippen LogP contribution is -2.34. The van der Waals surface area contributed by atoms with Crippen LogP contribution in [0, 0.1) is 5.92 Å². The van der Waals surface area contributed by atoms with Crippen LogP contribution in [0.5, 0.6) is 0 Å². The van der Waals surface area contributed by atoms with E-state index >= 15 is 0 Å². The highest BCUT2D eigenvalue weighted by atomic mass is 32.2. The molecule has 1 saturated carbocycles. The van der Waals surface area contributed by atoms with E-state index in [-0.39, 0.29) is 12.6 Å². The first-order valence-corrected chi connectivity index (χ1v) is 8.97. The van der Waals surface area contributed by atoms with E-state index in [4.69, 9.17) is 5.11 Å². The van der Waals surface area contributed by atoms with Gasteiger partial charge in [0.2, 0.25) is 10.0 Å². The zero-order chi connectivity index (χ0) is 14.0. The van der Waals surface area contributed by atoms with E-state index in [0.717, 1.165) is 19.3 Å². The third-order valence-corrected chi connectivity index (χ3v) is 6.27. The molecule has 0 amide bonds. The summed E-state index contributed by atoms with van der Waals surface area (Å²) in [7, 11) is -3.39. The average Bonchev–Trinajstić information content (AvgIpc) is 3.05. The van der Waals surface area contributed by atoms with Gasteiger partial charge in [-0.05, 0) is 31.2 Å². The van der Waals surface area contributed by atoms with Crippen LogP contribution in [0.15, 0.2) is 16.3 Å². The smallest absolute Gasteiger partial charge is 0.244 e. The molecule has 1 aliphatic rings. The molecular weight excluding hydrogens is 282 g/mol. The van der Waals surface area contributed by atoms with Gasteiger partial charge in [-0.25, -0.2) is 8.42 Å². The number of aliphatic hydroxyl groups excluding tert-OH is 1. The van der Waals surface area contributed by atoms with Crippen LogP contribution in [0.25, 0.3) is 0 Å². The molecule has 0 unspecified atom stereocenters. The van der Waals surface area contributed by atoms with Crippen molar-refractivity contribution in [3.05, 3.63) is 16.3 Å². The first kappa shape index (κ1) is 15.0. The van der Waals surface area contributed by atoms with Crippen molar-refractivity contribution in [1.82, 2.24) is 4.31 Å². The van der Waals surface area contributed by atoms with Gasteiger partial charge in [0.25, 0.3) is 0 Å². The Morgan fingerprint density at radius 1 is 1.47 bits per heavy atom. The van der Waals surface area contributed by atoms with Crippen molar-refractivity contribution >= 4 is 21.4 Å². The van der Waals surface area contributed by atoms with Crippen molar-refractivity contribution < 1.29 is 13.5 Å². The second-order valence-corrected chi connectivity index (χ2v) is 8.32. The van der Waals surface area contributed by atoms with Gasteiger partial charge in [0.15, 0.2) is 0 Å². The second-order valence-electron chi connectivity index (χ2n) is 5.44. The maximum Gasteiger partial charge on any atom is 0.244 e. The summed E-state index contributed by atoms with van der Waals surface area (Å²) in [5, 5.41) is 10.7. The normalized spacial score (nSPS) is 16.5. The lowest BCUT2D eigenvalue weighted by Gasteiger charge is -2.22. The highest BCUT2D eigenvalue weighted by Crippen LogP contribution is 2.33. The first-order valence-electron chi connectivity index (χ1n) is 6.65. The maximum atomic E-state index is 12.6. The molecule has 0 saturated heterocycles. The van der Waals surface area contributed by atoms with E-state index in [1.54, 1.807) is 15.8 Å². The van der Waals surface area contributed by atoms with Gasteiger partial charge in [-0.1, -0.05) is 13.8 Å². The molecule has 1 aromatic heterocycles. The SMILES string of the molecule is CC(C)CCN(C1CC1)S(=O)(=O)c1csc(CO)c1. The van der Waals surface area contributed by atoms with Crippen molar-refractivity contribution in [2.45, 2.75) is 50.7 Å². The Morgan fingerprint density at radius 2 is 2.16 bits per heavy atom. The molecular formula is C13H21NO3S2. The zero-order valence-corrected chi connectivity index (χ0v) is 13.0. The number of nitrogens with zero attached hydrogens (tertiary/aromatic N) is 1. The Labute approximate surface area is 119 Å². The third kappa shape index (κ3) is 3.56. The second kappa shape index (κ2) is 5.91. The Balaban J connectivity index is 2.18. The standard InChI is InChI=1S/C13H21NO3S2/c1-10(2)5-6-14(11-3-4-11)19(16,17)13-7-12(8-15)18-9-13/h7,9-11,15H,3-6,8H2,1-2H3. The Morgan fingerprint density at radius 3 is 2.63 bits per heavy atom. The lowest BCUT2D eigenvalue weighted by atomic mass is 10.1. The average molecular weight is 303 g/mol. The molecule has 1 fully saturated rings. The molecule has 4 nitrogen and oxygen atoms in total. The highest BCUT2D eigenvalue weighted by molar-refractivity contribution is 7.89. The monoisotopic (exact) mass is 303 g/mol. The van der Waals surface area contributed by atoms with Crippen LogP contribution < -0.4 is 0 Å². The Bertz CT molecular complexity index is 518. The van der Waals surface area contributed by atoms with Gasteiger partial charge in [0.1, 0.15) is 0 Å². The minimum absolute atomic E-state index is 0.102. The van der Waals surface area contributed by atoms with E-state index in [9.17, 15) is 8.42 Å². The van der Waals surface area contributed by atoms with Gasteiger partial charge < -0.3 is 5.11 Å². The summed E-state index contributed by atoms with van der Waals surface area (Å²) >= 11 is 1.29. The third-order valence-electron chi connectivity index (χ3n) is 3.27. The Kier molecular flexibility index (Phi) is 4.66. The van der Waals surface area contributed by atoms with Crippen LogP contribution in [0.3, 0.4) is 0 Å². The van der Waals surface area contributed by atoms with Crippen LogP contribution in [0.2, 0.25) is 0 Å². The number of thiophene rings is 1. The van der Waals surface area contributed by atoms with E-state index in [0.29, 0.717) is 22.2 Å². The quantitative estimate of drug-likeness (QED) is 0.841. The molecule has 0 aliphatic heterocycles. The summed E-state index contributed by atoms with van der Waals surface area (Å²) in [5.41, 5.74) is 0. The maximum absolute atomic E-state index is 12.6. The van der Waals surface area contributed by atoms with Crippen molar-refractivity contribution in [3.8, 4) is 0 Å². The summed E-state index contributed by atoms with van der Waals surface area (Å²) in [6.45, 7) is 4.70. The molecule has 2 rings (SSSR count).